The summed E-state index contributed by atoms with van der Waals surface area (Å²) in [4.78, 5) is 18.0. The lowest BCUT2D eigenvalue weighted by Crippen LogP contribution is -2.14. The van der Waals surface area contributed by atoms with Crippen LogP contribution < -0.4 is 4.74 Å². The monoisotopic (exact) mass is 623 g/mol. The zero-order valence-electron chi connectivity index (χ0n) is 22.4. The van der Waals surface area contributed by atoms with Gasteiger partial charge in [0.25, 0.3) is 0 Å². The highest BCUT2D eigenvalue weighted by molar-refractivity contribution is 7.99. The number of halogens is 5. The van der Waals surface area contributed by atoms with Crippen molar-refractivity contribution in [2.24, 2.45) is 0 Å². The van der Waals surface area contributed by atoms with E-state index in [4.69, 9.17) is 21.1 Å². The third-order valence-electron chi connectivity index (χ3n) is 6.11. The molecule has 4 nitrogen and oxygen atoms in total. The van der Waals surface area contributed by atoms with Gasteiger partial charge in [0.15, 0.2) is 6.61 Å². The van der Waals surface area contributed by atoms with Crippen molar-refractivity contribution in [3.8, 4) is 16.3 Å². The molecule has 216 valence electrons. The highest BCUT2D eigenvalue weighted by Crippen LogP contribution is 2.45. The topological polar surface area (TPSA) is 48.4 Å². The average Bonchev–Trinajstić information content (AvgIpc) is 3.31. The van der Waals surface area contributed by atoms with Gasteiger partial charge in [-0.25, -0.2) is 14.2 Å². The van der Waals surface area contributed by atoms with Crippen molar-refractivity contribution in [2.75, 3.05) is 13.2 Å². The number of thioether (sulfide) groups is 1. The molecule has 0 spiro atoms. The van der Waals surface area contributed by atoms with Crippen molar-refractivity contribution in [3.05, 3.63) is 98.8 Å². The first-order valence-corrected chi connectivity index (χ1v) is 14.7. The van der Waals surface area contributed by atoms with Crippen molar-refractivity contribution in [1.82, 2.24) is 4.98 Å². The Bertz CT molecular complexity index is 1500. The van der Waals surface area contributed by atoms with E-state index in [-0.39, 0.29) is 24.9 Å². The van der Waals surface area contributed by atoms with E-state index in [0.717, 1.165) is 27.5 Å². The fourth-order valence-electron chi connectivity index (χ4n) is 4.09. The maximum absolute atomic E-state index is 14.8. The number of carbonyl (C=O) groups excluding carboxylic acids is 1. The second-order valence-electron chi connectivity index (χ2n) is 9.08. The Balaban J connectivity index is 1.65. The van der Waals surface area contributed by atoms with E-state index in [9.17, 15) is 22.4 Å². The van der Waals surface area contributed by atoms with Crippen LogP contribution in [0.15, 0.2) is 65.6 Å². The minimum absolute atomic E-state index is 0.206. The number of esters is 1. The van der Waals surface area contributed by atoms with E-state index in [1.54, 1.807) is 25.1 Å². The Labute approximate surface area is 248 Å². The average molecular weight is 624 g/mol. The van der Waals surface area contributed by atoms with Gasteiger partial charge in [-0.2, -0.15) is 13.2 Å². The molecular weight excluding hydrogens is 598 g/mol. The summed E-state index contributed by atoms with van der Waals surface area (Å²) in [5, 5.41) is 0.561. The Kier molecular flexibility index (Phi) is 9.99. The summed E-state index contributed by atoms with van der Waals surface area (Å²) in [6.07, 6.45) is -4.17. The molecule has 0 aliphatic rings. The molecule has 1 unspecified atom stereocenters. The molecule has 0 bridgehead atoms. The fraction of sp³-hybridized carbons (Fsp3) is 0.267. The Morgan fingerprint density at radius 2 is 1.83 bits per heavy atom. The second-order valence-corrected chi connectivity index (χ2v) is 11.8. The van der Waals surface area contributed by atoms with Gasteiger partial charge in [0.1, 0.15) is 16.6 Å². The molecule has 3 aromatic carbocycles. The molecule has 1 aromatic heterocycles. The molecule has 0 aliphatic heterocycles. The maximum Gasteiger partial charge on any atom is 0.416 e. The van der Waals surface area contributed by atoms with Gasteiger partial charge in [-0.1, -0.05) is 29.8 Å². The van der Waals surface area contributed by atoms with Crippen LogP contribution in [0.1, 0.15) is 39.4 Å². The minimum atomic E-state index is -4.43. The molecule has 4 aromatic rings. The Hall–Kier alpha value is -3.08. The number of rotatable bonds is 10. The first kappa shape index (κ1) is 30.9. The van der Waals surface area contributed by atoms with E-state index in [1.165, 1.54) is 41.3 Å². The lowest BCUT2D eigenvalue weighted by atomic mass is 10.1. The van der Waals surface area contributed by atoms with Crippen LogP contribution in [0.25, 0.3) is 10.6 Å². The molecule has 4 rings (SSSR count). The smallest absolute Gasteiger partial charge is 0.416 e. The van der Waals surface area contributed by atoms with Gasteiger partial charge < -0.3 is 9.47 Å². The molecule has 0 aliphatic carbocycles. The molecule has 0 saturated carbocycles. The molecule has 0 radical (unpaired) electrons. The number of alkyl halides is 3. The first-order chi connectivity index (χ1) is 19.5. The van der Waals surface area contributed by atoms with Crippen LogP contribution in [-0.2, 0) is 22.1 Å². The summed E-state index contributed by atoms with van der Waals surface area (Å²) in [5.74, 6) is -0.349. The predicted octanol–water partition coefficient (Wildman–Crippen LogP) is 9.26. The van der Waals surface area contributed by atoms with Crippen molar-refractivity contribution in [1.29, 1.82) is 0 Å². The van der Waals surface area contributed by atoms with Gasteiger partial charge in [0.2, 0.25) is 0 Å². The highest BCUT2D eigenvalue weighted by atomic mass is 35.5. The van der Waals surface area contributed by atoms with Crippen LogP contribution in [-0.4, -0.2) is 24.2 Å². The van der Waals surface area contributed by atoms with Crippen LogP contribution in [0.2, 0.25) is 5.02 Å². The number of hydrogen-bond acceptors (Lipinski definition) is 6. The normalized spacial score (nSPS) is 12.3. The molecule has 1 heterocycles. The molecule has 1 atom stereocenters. The molecule has 0 N–H and O–H groups in total. The van der Waals surface area contributed by atoms with Gasteiger partial charge in [-0.3, -0.25) is 0 Å². The van der Waals surface area contributed by atoms with E-state index >= 15 is 0 Å². The van der Waals surface area contributed by atoms with Crippen molar-refractivity contribution in [2.45, 2.75) is 43.5 Å². The second kappa shape index (κ2) is 13.3. The summed E-state index contributed by atoms with van der Waals surface area (Å²) in [6, 6.07) is 14.9. The van der Waals surface area contributed by atoms with Gasteiger partial charge in [-0.05, 0) is 75.2 Å². The number of ether oxygens (including phenoxy) is 2. The van der Waals surface area contributed by atoms with Gasteiger partial charge in [-0.15, -0.1) is 23.1 Å². The van der Waals surface area contributed by atoms with E-state index in [1.807, 2.05) is 26.0 Å². The third-order valence-corrected chi connectivity index (χ3v) is 9.15. The Morgan fingerprint density at radius 1 is 1.10 bits per heavy atom. The van der Waals surface area contributed by atoms with E-state index in [2.05, 4.69) is 4.98 Å². The van der Waals surface area contributed by atoms with Crippen molar-refractivity contribution >= 4 is 40.7 Å². The number of nitrogens with zero attached hydrogens (tertiary/aromatic N) is 1. The van der Waals surface area contributed by atoms with Crippen LogP contribution >= 0.6 is 34.7 Å². The number of aryl methyl sites for hydroxylation is 2. The summed E-state index contributed by atoms with van der Waals surface area (Å²) in [6.45, 7) is 5.46. The van der Waals surface area contributed by atoms with Crippen LogP contribution in [0.5, 0.6) is 5.75 Å². The van der Waals surface area contributed by atoms with Gasteiger partial charge >= 0.3 is 12.1 Å². The molecule has 11 heteroatoms. The number of aromatic nitrogens is 1. The number of carbonyl (C=O) groups is 1. The number of thiazole rings is 1. The first-order valence-electron chi connectivity index (χ1n) is 12.6. The quantitative estimate of drug-likeness (QED) is 0.100. The zero-order chi connectivity index (χ0) is 29.7. The lowest BCUT2D eigenvalue weighted by Gasteiger charge is -2.18. The predicted molar refractivity (Wildman–Crippen MR) is 154 cm³/mol. The third kappa shape index (κ3) is 7.81. The molecule has 0 amide bonds. The minimum Gasteiger partial charge on any atom is -0.482 e. The van der Waals surface area contributed by atoms with Crippen LogP contribution in [0.4, 0.5) is 17.6 Å². The summed E-state index contributed by atoms with van der Waals surface area (Å²) in [7, 11) is 0. The Morgan fingerprint density at radius 3 is 2.46 bits per heavy atom. The molecule has 0 saturated heterocycles. The zero-order valence-corrected chi connectivity index (χ0v) is 24.7. The maximum atomic E-state index is 14.8. The standard InChI is InChI=1S/C30H26ClF4NO3S2/c1-4-38-27(37)16-39-25-13-12-21(14-17(25)2)40-26(15-22-23(31)6-5-7-24(22)32)28-18(3)36-29(41-28)19-8-10-20(11-9-19)30(33,34)35/h5-14,26H,4,15-16H2,1-3H3. The number of hydrogen-bond donors (Lipinski definition) is 0. The van der Waals surface area contributed by atoms with Gasteiger partial charge in [0, 0.05) is 31.2 Å². The highest BCUT2D eigenvalue weighted by Gasteiger charge is 2.30. The largest absolute Gasteiger partial charge is 0.482 e. The SMILES string of the molecule is CCOC(=O)COc1ccc(SC(Cc2c(F)cccc2Cl)c2sc(-c3ccc(C(F)(F)F)cc3)nc2C)cc1C. The van der Waals surface area contributed by atoms with Crippen LogP contribution in [0, 0.1) is 19.7 Å². The van der Waals surface area contributed by atoms with E-state index in [0.29, 0.717) is 32.6 Å². The summed E-state index contributed by atoms with van der Waals surface area (Å²) < 4.78 is 64.5. The summed E-state index contributed by atoms with van der Waals surface area (Å²) in [5.41, 5.74) is 1.68. The summed E-state index contributed by atoms with van der Waals surface area (Å²) >= 11 is 9.22. The van der Waals surface area contributed by atoms with Gasteiger partial charge in [0.05, 0.1) is 17.9 Å². The number of benzene rings is 3. The van der Waals surface area contributed by atoms with Crippen molar-refractivity contribution < 1.29 is 31.8 Å². The fourth-order valence-corrected chi connectivity index (χ4v) is 6.92. The molecule has 41 heavy (non-hydrogen) atoms. The molecular formula is C30H26ClF4NO3S2. The van der Waals surface area contributed by atoms with Crippen LogP contribution in [0.3, 0.4) is 0 Å². The lowest BCUT2D eigenvalue weighted by molar-refractivity contribution is -0.145. The van der Waals surface area contributed by atoms with Crippen molar-refractivity contribution in [3.63, 3.8) is 0 Å². The van der Waals surface area contributed by atoms with E-state index < -0.39 is 23.5 Å². The molecule has 0 fully saturated rings.